The molecule has 1 nitrogen and oxygen atoms in total. The lowest BCUT2D eigenvalue weighted by molar-refractivity contribution is 0.878. The van der Waals surface area contributed by atoms with Gasteiger partial charge >= 0.3 is 0 Å². The highest BCUT2D eigenvalue weighted by Gasteiger charge is 1.92. The van der Waals surface area contributed by atoms with Crippen LogP contribution < -0.4 is 5.32 Å². The van der Waals surface area contributed by atoms with Gasteiger partial charge in [0.25, 0.3) is 0 Å². The zero-order valence-corrected chi connectivity index (χ0v) is 7.99. The number of hydrogen-bond acceptors (Lipinski definition) is 2. The first-order chi connectivity index (χ1) is 5.26. The molecular weight excluding hydrogens is 154 g/mol. The van der Waals surface area contributed by atoms with E-state index in [1.54, 1.807) is 6.08 Å². The molecule has 62 valence electrons. The molecule has 0 spiro atoms. The van der Waals surface area contributed by atoms with Crippen LogP contribution in [-0.4, -0.2) is 6.54 Å². The van der Waals surface area contributed by atoms with Crippen molar-refractivity contribution in [1.82, 2.24) is 5.32 Å². The van der Waals surface area contributed by atoms with E-state index in [-0.39, 0.29) is 0 Å². The molecule has 1 N–H and O–H groups in total. The molecule has 0 amide bonds. The molecule has 0 aromatic carbocycles. The quantitative estimate of drug-likeness (QED) is 0.487. The van der Waals surface area contributed by atoms with Gasteiger partial charge in [0.1, 0.15) is 0 Å². The lowest BCUT2D eigenvalue weighted by Gasteiger charge is -2.04. The van der Waals surface area contributed by atoms with E-state index in [1.165, 1.54) is 0 Å². The fourth-order valence-corrected chi connectivity index (χ4v) is 1.02. The van der Waals surface area contributed by atoms with E-state index in [1.807, 2.05) is 26.0 Å². The van der Waals surface area contributed by atoms with Crippen molar-refractivity contribution >= 4 is 12.6 Å². The van der Waals surface area contributed by atoms with E-state index >= 15 is 0 Å². The maximum atomic E-state index is 4.28. The number of hydrogen-bond donors (Lipinski definition) is 2. The average molecular weight is 169 g/mol. The van der Waals surface area contributed by atoms with Crippen LogP contribution in [-0.2, 0) is 0 Å². The summed E-state index contributed by atoms with van der Waals surface area (Å²) in [4.78, 5) is 0.921. The first-order valence-electron chi connectivity index (χ1n) is 3.68. The monoisotopic (exact) mass is 169 g/mol. The zero-order valence-electron chi connectivity index (χ0n) is 7.09. The van der Waals surface area contributed by atoms with E-state index in [0.717, 1.165) is 17.1 Å². The minimum absolute atomic E-state index is 0.892. The third-order valence-electron chi connectivity index (χ3n) is 1.17. The summed E-state index contributed by atoms with van der Waals surface area (Å²) in [6.45, 7) is 8.57. The SMILES string of the molecule is C=C/C(NCC)=C(S)\C=C/C. The van der Waals surface area contributed by atoms with Crippen LogP contribution in [0.2, 0.25) is 0 Å². The van der Waals surface area contributed by atoms with Gasteiger partial charge in [-0.2, -0.15) is 0 Å². The van der Waals surface area contributed by atoms with Crippen LogP contribution >= 0.6 is 12.6 Å². The van der Waals surface area contributed by atoms with Crippen LogP contribution in [0.5, 0.6) is 0 Å². The number of likely N-dealkylation sites (N-methyl/N-ethyl adjacent to an activating group) is 1. The molecule has 0 unspecified atom stereocenters. The normalized spacial score (nSPS) is 13.0. The highest BCUT2D eigenvalue weighted by molar-refractivity contribution is 7.84. The van der Waals surface area contributed by atoms with E-state index < -0.39 is 0 Å². The maximum Gasteiger partial charge on any atom is 0.0469 e. The Morgan fingerprint density at radius 3 is 2.64 bits per heavy atom. The molecule has 11 heavy (non-hydrogen) atoms. The lowest BCUT2D eigenvalue weighted by Crippen LogP contribution is -2.10. The van der Waals surface area contributed by atoms with Crippen LogP contribution in [0, 0.1) is 0 Å². The molecule has 0 aliphatic rings. The van der Waals surface area contributed by atoms with Crippen LogP contribution in [0.1, 0.15) is 13.8 Å². The predicted octanol–water partition coefficient (Wildman–Crippen LogP) is 2.50. The summed E-state index contributed by atoms with van der Waals surface area (Å²) in [5, 5.41) is 3.15. The van der Waals surface area contributed by atoms with Crippen LogP contribution in [0.15, 0.2) is 35.4 Å². The lowest BCUT2D eigenvalue weighted by atomic mass is 10.3. The van der Waals surface area contributed by atoms with Crippen molar-refractivity contribution in [1.29, 1.82) is 0 Å². The van der Waals surface area contributed by atoms with Gasteiger partial charge in [-0.15, -0.1) is 12.6 Å². The van der Waals surface area contributed by atoms with E-state index in [0.29, 0.717) is 0 Å². The molecule has 0 saturated heterocycles. The van der Waals surface area contributed by atoms with Gasteiger partial charge < -0.3 is 5.32 Å². The second-order valence-corrected chi connectivity index (χ2v) is 2.52. The van der Waals surface area contributed by atoms with Crippen molar-refractivity contribution in [3.8, 4) is 0 Å². The van der Waals surface area contributed by atoms with Gasteiger partial charge in [0.2, 0.25) is 0 Å². The number of rotatable bonds is 4. The second-order valence-electron chi connectivity index (χ2n) is 2.03. The van der Waals surface area contributed by atoms with Gasteiger partial charge in [0.15, 0.2) is 0 Å². The van der Waals surface area contributed by atoms with Crippen molar-refractivity contribution in [2.75, 3.05) is 6.54 Å². The van der Waals surface area contributed by atoms with Crippen LogP contribution in [0.4, 0.5) is 0 Å². The zero-order chi connectivity index (χ0) is 8.69. The Morgan fingerprint density at radius 1 is 1.64 bits per heavy atom. The first-order valence-corrected chi connectivity index (χ1v) is 4.13. The summed E-state index contributed by atoms with van der Waals surface area (Å²) in [5.41, 5.74) is 0.980. The Hall–Kier alpha value is -0.630. The van der Waals surface area contributed by atoms with Gasteiger partial charge in [0, 0.05) is 17.1 Å². The fourth-order valence-electron chi connectivity index (χ4n) is 0.705. The molecule has 0 saturated carbocycles. The Morgan fingerprint density at radius 2 is 2.27 bits per heavy atom. The molecule has 0 aliphatic carbocycles. The minimum atomic E-state index is 0.892. The summed E-state index contributed by atoms with van der Waals surface area (Å²) in [6, 6.07) is 0. The third-order valence-corrected chi connectivity index (χ3v) is 1.56. The molecule has 0 fully saturated rings. The largest absolute Gasteiger partial charge is 0.384 e. The van der Waals surface area contributed by atoms with Crippen molar-refractivity contribution in [2.45, 2.75) is 13.8 Å². The van der Waals surface area contributed by atoms with Gasteiger partial charge in [-0.05, 0) is 19.9 Å². The standard InChI is InChI=1S/C9H15NS/c1-4-7-9(11)8(5-2)10-6-3/h4-5,7,10-11H,2,6H2,1,3H3/b7-4-,9-8-. The second kappa shape index (κ2) is 6.10. The fraction of sp³-hybridized carbons (Fsp3) is 0.333. The van der Waals surface area contributed by atoms with Gasteiger partial charge in [0.05, 0.1) is 0 Å². The van der Waals surface area contributed by atoms with Crippen molar-refractivity contribution in [3.63, 3.8) is 0 Å². The van der Waals surface area contributed by atoms with Gasteiger partial charge in [-0.1, -0.05) is 18.7 Å². The molecule has 0 rings (SSSR count). The summed E-state index contributed by atoms with van der Waals surface area (Å²) in [7, 11) is 0. The average Bonchev–Trinajstić information content (AvgIpc) is 2.00. The van der Waals surface area contributed by atoms with Crippen molar-refractivity contribution in [2.24, 2.45) is 0 Å². The highest BCUT2D eigenvalue weighted by atomic mass is 32.1. The topological polar surface area (TPSA) is 12.0 Å². The Bertz CT molecular complexity index is 180. The minimum Gasteiger partial charge on any atom is -0.384 e. The summed E-state index contributed by atoms with van der Waals surface area (Å²) in [6.07, 6.45) is 5.65. The molecule has 0 aliphatic heterocycles. The number of thiol groups is 1. The highest BCUT2D eigenvalue weighted by Crippen LogP contribution is 2.08. The van der Waals surface area contributed by atoms with Crippen molar-refractivity contribution in [3.05, 3.63) is 35.4 Å². The van der Waals surface area contributed by atoms with Crippen LogP contribution in [0.3, 0.4) is 0 Å². The van der Waals surface area contributed by atoms with E-state index in [2.05, 4.69) is 24.5 Å². The molecule has 0 aromatic rings. The number of allylic oxidation sites excluding steroid dienone is 3. The van der Waals surface area contributed by atoms with Crippen LogP contribution in [0.25, 0.3) is 0 Å². The maximum absolute atomic E-state index is 4.28. The predicted molar refractivity (Wildman–Crippen MR) is 54.7 cm³/mol. The molecule has 0 bridgehead atoms. The van der Waals surface area contributed by atoms with Gasteiger partial charge in [-0.25, -0.2) is 0 Å². The Labute approximate surface area is 74.3 Å². The Balaban J connectivity index is 4.38. The summed E-state index contributed by atoms with van der Waals surface area (Å²) >= 11 is 4.28. The molecule has 0 radical (unpaired) electrons. The number of nitrogens with one attached hydrogen (secondary N) is 1. The molecule has 2 heteroatoms. The molecular formula is C9H15NS. The smallest absolute Gasteiger partial charge is 0.0469 e. The molecule has 0 aromatic heterocycles. The van der Waals surface area contributed by atoms with Crippen molar-refractivity contribution < 1.29 is 0 Å². The van der Waals surface area contributed by atoms with Gasteiger partial charge in [-0.3, -0.25) is 0 Å². The Kier molecular flexibility index (Phi) is 5.75. The summed E-state index contributed by atoms with van der Waals surface area (Å²) < 4.78 is 0. The molecule has 0 heterocycles. The first kappa shape index (κ1) is 10.4. The summed E-state index contributed by atoms with van der Waals surface area (Å²) in [5.74, 6) is 0. The third kappa shape index (κ3) is 3.94. The van der Waals surface area contributed by atoms with E-state index in [4.69, 9.17) is 0 Å². The van der Waals surface area contributed by atoms with E-state index in [9.17, 15) is 0 Å². The molecule has 0 atom stereocenters.